The van der Waals surface area contributed by atoms with Crippen LogP contribution in [0.15, 0.2) is 11.6 Å². The summed E-state index contributed by atoms with van der Waals surface area (Å²) in [7, 11) is -4.24. The van der Waals surface area contributed by atoms with Crippen molar-refractivity contribution in [2.45, 2.75) is 6.92 Å². The topological polar surface area (TPSA) is 94.8 Å². The molecule has 0 rings (SSSR count). The number of hydrogen-bond donors (Lipinski definition) is 3. The van der Waals surface area contributed by atoms with E-state index in [2.05, 4.69) is 0 Å². The third-order valence-electron chi connectivity index (χ3n) is 0.999. The van der Waals surface area contributed by atoms with Gasteiger partial charge in [-0.3, -0.25) is 4.57 Å². The number of hydrogen-bond acceptors (Lipinski definition) is 2. The lowest BCUT2D eigenvalue weighted by Crippen LogP contribution is -2.05. The number of rotatable bonds is 3. The van der Waals surface area contributed by atoms with Crippen LogP contribution < -0.4 is 0 Å². The Morgan fingerprint density at radius 1 is 1.55 bits per heavy atom. The number of aliphatic carboxylic acids is 1. The molecule has 0 radical (unpaired) electrons. The highest BCUT2D eigenvalue weighted by atomic mass is 31.2. The number of allylic oxidation sites excluding steroid dienone is 1. The van der Waals surface area contributed by atoms with E-state index in [1.807, 2.05) is 0 Å². The maximum atomic E-state index is 10.3. The van der Waals surface area contributed by atoms with Crippen LogP contribution in [0.1, 0.15) is 6.92 Å². The van der Waals surface area contributed by atoms with E-state index in [9.17, 15) is 9.36 Å². The first kappa shape index (κ1) is 10.4. The van der Waals surface area contributed by atoms with Gasteiger partial charge in [0.25, 0.3) is 0 Å². The van der Waals surface area contributed by atoms with Gasteiger partial charge in [0.2, 0.25) is 0 Å². The van der Waals surface area contributed by atoms with E-state index in [4.69, 9.17) is 14.9 Å². The molecule has 0 atom stereocenters. The van der Waals surface area contributed by atoms with Crippen LogP contribution in [-0.4, -0.2) is 27.0 Å². The minimum absolute atomic E-state index is 0.265. The van der Waals surface area contributed by atoms with E-state index >= 15 is 0 Å². The summed E-state index contributed by atoms with van der Waals surface area (Å²) >= 11 is 0. The normalized spacial score (nSPS) is 13.2. The van der Waals surface area contributed by atoms with E-state index in [1.54, 1.807) is 0 Å². The molecular formula is C5H9O5P. The summed E-state index contributed by atoms with van der Waals surface area (Å²) in [5, 5.41) is 8.32. The van der Waals surface area contributed by atoms with Gasteiger partial charge in [0.1, 0.15) is 0 Å². The van der Waals surface area contributed by atoms with Gasteiger partial charge in [-0.05, 0) is 6.92 Å². The Morgan fingerprint density at radius 2 is 2.00 bits per heavy atom. The molecular weight excluding hydrogens is 171 g/mol. The molecule has 0 saturated carbocycles. The lowest BCUT2D eigenvalue weighted by molar-refractivity contribution is -0.132. The molecule has 0 saturated heterocycles. The molecule has 0 unspecified atom stereocenters. The lowest BCUT2D eigenvalue weighted by atomic mass is 10.3. The summed E-state index contributed by atoms with van der Waals surface area (Å²) in [5.74, 6) is -1.30. The fraction of sp³-hybridized carbons (Fsp3) is 0.400. The summed E-state index contributed by atoms with van der Waals surface area (Å²) in [5.41, 5.74) is -0.265. The maximum Gasteiger partial charge on any atom is 0.331 e. The molecule has 64 valence electrons. The Bertz CT molecular complexity index is 225. The van der Waals surface area contributed by atoms with Gasteiger partial charge in [0, 0.05) is 5.57 Å². The summed E-state index contributed by atoms with van der Waals surface area (Å²) in [4.78, 5) is 26.9. The number of carbonyl (C=O) groups is 1. The van der Waals surface area contributed by atoms with Crippen LogP contribution in [0, 0.1) is 0 Å². The van der Waals surface area contributed by atoms with Crippen molar-refractivity contribution in [2.24, 2.45) is 0 Å². The smallest absolute Gasteiger partial charge is 0.331 e. The Kier molecular flexibility index (Phi) is 3.45. The van der Waals surface area contributed by atoms with Crippen molar-refractivity contribution in [3.8, 4) is 0 Å². The van der Waals surface area contributed by atoms with Crippen molar-refractivity contribution in [2.75, 3.05) is 6.16 Å². The van der Waals surface area contributed by atoms with Crippen molar-refractivity contribution in [1.29, 1.82) is 0 Å². The molecule has 0 aromatic carbocycles. The van der Waals surface area contributed by atoms with Crippen molar-refractivity contribution >= 4 is 13.6 Å². The number of carboxylic acid groups (broad SMARTS) is 1. The first-order valence-corrected chi connectivity index (χ1v) is 4.59. The molecule has 3 N–H and O–H groups in total. The SMILES string of the molecule is C/C=C(\CP(=O)(O)O)C(=O)O. The zero-order valence-corrected chi connectivity index (χ0v) is 6.78. The Hall–Kier alpha value is -0.640. The second-order valence-corrected chi connectivity index (χ2v) is 3.59. The summed E-state index contributed by atoms with van der Waals surface area (Å²) in [6, 6.07) is 0. The second-order valence-electron chi connectivity index (χ2n) is 1.94. The third-order valence-corrected chi connectivity index (χ3v) is 1.75. The molecule has 0 amide bonds. The summed E-state index contributed by atoms with van der Waals surface area (Å²) in [6.07, 6.45) is 0.459. The fourth-order valence-electron chi connectivity index (χ4n) is 0.504. The molecule has 0 aliphatic carbocycles. The van der Waals surface area contributed by atoms with Crippen LogP contribution >= 0.6 is 7.60 Å². The average Bonchev–Trinajstić information content (AvgIpc) is 1.80. The zero-order valence-electron chi connectivity index (χ0n) is 5.89. The zero-order chi connectivity index (χ0) is 9.07. The van der Waals surface area contributed by atoms with Gasteiger partial charge in [-0.1, -0.05) is 6.08 Å². The van der Waals surface area contributed by atoms with Crippen LogP contribution in [0.25, 0.3) is 0 Å². The Morgan fingerprint density at radius 3 is 2.09 bits per heavy atom. The molecule has 0 bridgehead atoms. The Labute approximate surface area is 63.5 Å². The van der Waals surface area contributed by atoms with Crippen LogP contribution in [0.3, 0.4) is 0 Å². The molecule has 0 aliphatic heterocycles. The summed E-state index contributed by atoms with van der Waals surface area (Å²) in [6.45, 7) is 1.42. The van der Waals surface area contributed by atoms with Gasteiger partial charge in [-0.15, -0.1) is 0 Å². The monoisotopic (exact) mass is 180 g/mol. The molecule has 5 nitrogen and oxygen atoms in total. The van der Waals surface area contributed by atoms with Crippen molar-refractivity contribution < 1.29 is 24.3 Å². The van der Waals surface area contributed by atoms with Gasteiger partial charge < -0.3 is 14.9 Å². The molecule has 0 aliphatic rings. The highest BCUT2D eigenvalue weighted by Gasteiger charge is 2.19. The van der Waals surface area contributed by atoms with Crippen molar-refractivity contribution in [1.82, 2.24) is 0 Å². The predicted octanol–water partition coefficient (Wildman–Crippen LogP) is 0.195. The summed E-state index contributed by atoms with van der Waals surface area (Å²) < 4.78 is 10.3. The number of carboxylic acids is 1. The highest BCUT2D eigenvalue weighted by Crippen LogP contribution is 2.36. The molecule has 0 aromatic heterocycles. The van der Waals surface area contributed by atoms with Crippen LogP contribution in [0.5, 0.6) is 0 Å². The Balaban J connectivity index is 4.37. The van der Waals surface area contributed by atoms with Gasteiger partial charge in [0.15, 0.2) is 0 Å². The van der Waals surface area contributed by atoms with Crippen molar-refractivity contribution in [3.05, 3.63) is 11.6 Å². The first-order valence-electron chi connectivity index (χ1n) is 2.80. The molecule has 6 heteroatoms. The van der Waals surface area contributed by atoms with E-state index in [-0.39, 0.29) is 5.57 Å². The van der Waals surface area contributed by atoms with Crippen LogP contribution in [0.4, 0.5) is 0 Å². The first-order chi connectivity index (χ1) is 4.87. The minimum Gasteiger partial charge on any atom is -0.478 e. The van der Waals surface area contributed by atoms with Gasteiger partial charge in [0.05, 0.1) is 6.16 Å². The van der Waals surface area contributed by atoms with Crippen molar-refractivity contribution in [3.63, 3.8) is 0 Å². The quantitative estimate of drug-likeness (QED) is 0.425. The largest absolute Gasteiger partial charge is 0.478 e. The standard InChI is InChI=1S/C5H9O5P/c1-2-4(5(6)7)3-11(8,9)10/h2H,3H2,1H3,(H,6,7)(H2,8,9,10)/b4-2+. The third kappa shape index (κ3) is 4.72. The highest BCUT2D eigenvalue weighted by molar-refractivity contribution is 7.52. The lowest BCUT2D eigenvalue weighted by Gasteiger charge is -2.02. The van der Waals surface area contributed by atoms with Gasteiger partial charge in [-0.25, -0.2) is 4.79 Å². The molecule has 0 spiro atoms. The molecule has 0 aromatic rings. The van der Waals surface area contributed by atoms with E-state index < -0.39 is 19.7 Å². The maximum absolute atomic E-state index is 10.3. The second kappa shape index (κ2) is 3.67. The predicted molar refractivity (Wildman–Crippen MR) is 38.3 cm³/mol. The molecule has 11 heavy (non-hydrogen) atoms. The van der Waals surface area contributed by atoms with Gasteiger partial charge >= 0.3 is 13.6 Å². The minimum atomic E-state index is -4.24. The average molecular weight is 180 g/mol. The van der Waals surface area contributed by atoms with Gasteiger partial charge in [-0.2, -0.15) is 0 Å². The fourth-order valence-corrected chi connectivity index (χ4v) is 1.27. The molecule has 0 heterocycles. The van der Waals surface area contributed by atoms with E-state index in [0.717, 1.165) is 0 Å². The van der Waals surface area contributed by atoms with Crippen LogP contribution in [-0.2, 0) is 9.36 Å². The van der Waals surface area contributed by atoms with E-state index in [0.29, 0.717) is 0 Å². The van der Waals surface area contributed by atoms with Crippen LogP contribution in [0.2, 0.25) is 0 Å². The van der Waals surface area contributed by atoms with E-state index in [1.165, 1.54) is 13.0 Å². The molecule has 0 fully saturated rings.